The van der Waals surface area contributed by atoms with Crippen LogP contribution in [0.25, 0.3) is 6.08 Å². The standard InChI is InChI=1S/C29H31NO8/c31-11-10-30-27(33)22-15-24(36-28(34)23-8-4-3-5-19(23)9-13-35-14-12-32)26-25(16-22)37-29(38-26)17-20-6-1-2-7-21(20)18-29/h1-9,13,16,24-26,31-32H,10-12,14-15,17-18H2,(H,30,33)/t24-,25-,26+/m1/s1. The number of ether oxygens (including phenoxy) is 4. The summed E-state index contributed by atoms with van der Waals surface area (Å²) in [6, 6.07) is 15.0. The van der Waals surface area contributed by atoms with Gasteiger partial charge in [-0.1, -0.05) is 42.5 Å². The van der Waals surface area contributed by atoms with E-state index >= 15 is 0 Å². The van der Waals surface area contributed by atoms with Crippen molar-refractivity contribution >= 4 is 18.0 Å². The highest BCUT2D eigenvalue weighted by Crippen LogP contribution is 2.45. The first-order chi connectivity index (χ1) is 18.5. The van der Waals surface area contributed by atoms with Crippen molar-refractivity contribution in [2.45, 2.75) is 43.4 Å². The number of hydrogen-bond donors (Lipinski definition) is 3. The van der Waals surface area contributed by atoms with Crippen LogP contribution in [0.3, 0.4) is 0 Å². The second-order valence-electron chi connectivity index (χ2n) is 9.50. The molecule has 1 saturated heterocycles. The Balaban J connectivity index is 1.38. The van der Waals surface area contributed by atoms with Gasteiger partial charge in [0.2, 0.25) is 5.91 Å². The third-order valence-electron chi connectivity index (χ3n) is 6.90. The Labute approximate surface area is 220 Å². The molecular weight excluding hydrogens is 490 g/mol. The number of hydrogen-bond acceptors (Lipinski definition) is 8. The highest BCUT2D eigenvalue weighted by Gasteiger charge is 2.55. The Hall–Kier alpha value is -3.50. The average molecular weight is 522 g/mol. The predicted octanol–water partition coefficient (Wildman–Crippen LogP) is 1.91. The van der Waals surface area contributed by atoms with E-state index in [-0.39, 0.29) is 38.7 Å². The molecule has 1 fully saturated rings. The van der Waals surface area contributed by atoms with Crippen LogP contribution in [0.15, 0.2) is 66.4 Å². The summed E-state index contributed by atoms with van der Waals surface area (Å²) in [4.78, 5) is 26.2. The van der Waals surface area contributed by atoms with Crippen LogP contribution in [0, 0.1) is 0 Å². The van der Waals surface area contributed by atoms with Crippen molar-refractivity contribution in [1.29, 1.82) is 0 Å². The number of carbonyl (C=O) groups excluding carboxylic acids is 2. The van der Waals surface area contributed by atoms with Crippen LogP contribution in [0.4, 0.5) is 0 Å². The maximum Gasteiger partial charge on any atom is 0.339 e. The fourth-order valence-corrected chi connectivity index (χ4v) is 5.22. The van der Waals surface area contributed by atoms with Gasteiger partial charge in [-0.3, -0.25) is 4.79 Å². The molecule has 3 atom stereocenters. The number of nitrogens with one attached hydrogen (secondary N) is 1. The van der Waals surface area contributed by atoms with Crippen molar-refractivity contribution in [3.63, 3.8) is 0 Å². The molecule has 0 bridgehead atoms. The smallest absolute Gasteiger partial charge is 0.339 e. The van der Waals surface area contributed by atoms with E-state index in [4.69, 9.17) is 29.2 Å². The van der Waals surface area contributed by atoms with Gasteiger partial charge in [0.15, 0.2) is 5.79 Å². The summed E-state index contributed by atoms with van der Waals surface area (Å²) in [6.45, 7) is -0.0422. The molecule has 38 heavy (non-hydrogen) atoms. The second-order valence-corrected chi connectivity index (χ2v) is 9.50. The molecule has 1 spiro atoms. The van der Waals surface area contributed by atoms with Crippen molar-refractivity contribution < 1.29 is 38.7 Å². The summed E-state index contributed by atoms with van der Waals surface area (Å²) in [6.07, 6.45) is 4.15. The number of rotatable bonds is 9. The highest BCUT2D eigenvalue weighted by atomic mass is 16.8. The number of aliphatic hydroxyl groups is 2. The van der Waals surface area contributed by atoms with Crippen LogP contribution in [0.5, 0.6) is 0 Å². The second kappa shape index (κ2) is 11.5. The molecule has 9 heteroatoms. The van der Waals surface area contributed by atoms with Gasteiger partial charge in [-0.15, -0.1) is 0 Å². The fraction of sp³-hybridized carbons (Fsp3) is 0.379. The molecule has 2 aliphatic carbocycles. The molecule has 5 rings (SSSR count). The number of esters is 1. The van der Waals surface area contributed by atoms with Gasteiger partial charge in [0.25, 0.3) is 0 Å². The van der Waals surface area contributed by atoms with E-state index in [1.807, 2.05) is 12.1 Å². The van der Waals surface area contributed by atoms with Crippen LogP contribution in [-0.4, -0.2) is 72.6 Å². The molecule has 0 unspecified atom stereocenters. The molecule has 0 aromatic heterocycles. The van der Waals surface area contributed by atoms with Gasteiger partial charge in [-0.05, 0) is 34.9 Å². The zero-order chi connectivity index (χ0) is 26.5. The normalized spacial score (nSPS) is 23.1. The van der Waals surface area contributed by atoms with Crippen molar-refractivity contribution in [3.05, 3.63) is 88.7 Å². The van der Waals surface area contributed by atoms with Gasteiger partial charge in [0.1, 0.15) is 24.9 Å². The summed E-state index contributed by atoms with van der Waals surface area (Å²) < 4.78 is 24.1. The molecule has 1 aliphatic heterocycles. The van der Waals surface area contributed by atoms with Crippen molar-refractivity contribution in [2.75, 3.05) is 26.4 Å². The predicted molar refractivity (Wildman–Crippen MR) is 137 cm³/mol. The highest BCUT2D eigenvalue weighted by molar-refractivity contribution is 5.95. The molecule has 2 aromatic rings. The van der Waals surface area contributed by atoms with Gasteiger partial charge >= 0.3 is 5.97 Å². The van der Waals surface area contributed by atoms with Crippen LogP contribution in [-0.2, 0) is 36.6 Å². The minimum Gasteiger partial charge on any atom is -0.499 e. The lowest BCUT2D eigenvalue weighted by Crippen LogP contribution is -2.44. The van der Waals surface area contributed by atoms with Crippen molar-refractivity contribution in [1.82, 2.24) is 5.32 Å². The molecule has 3 aliphatic rings. The first-order valence-electron chi connectivity index (χ1n) is 12.7. The molecule has 1 amide bonds. The zero-order valence-electron chi connectivity index (χ0n) is 20.9. The summed E-state index contributed by atoms with van der Waals surface area (Å²) >= 11 is 0. The van der Waals surface area contributed by atoms with Gasteiger partial charge in [0.05, 0.1) is 25.0 Å². The van der Waals surface area contributed by atoms with E-state index in [1.54, 1.807) is 36.4 Å². The number of benzene rings is 2. The maximum atomic E-state index is 13.4. The number of amides is 1. The average Bonchev–Trinajstić information content (AvgIpc) is 3.48. The SMILES string of the molecule is O=C(NCCO)C1=C[C@H]2OC3(Cc4ccccc4C3)O[C@H]2[C@H](OC(=O)c2ccccc2C=COCCO)C1. The molecule has 0 saturated carbocycles. The molecule has 200 valence electrons. The van der Waals surface area contributed by atoms with Gasteiger partial charge in [-0.25, -0.2) is 4.79 Å². The molecule has 3 N–H and O–H groups in total. The van der Waals surface area contributed by atoms with E-state index in [2.05, 4.69) is 17.4 Å². The Morgan fingerprint density at radius 1 is 1.03 bits per heavy atom. The topological polar surface area (TPSA) is 124 Å². The summed E-state index contributed by atoms with van der Waals surface area (Å²) in [5, 5.41) is 20.7. The van der Waals surface area contributed by atoms with Crippen LogP contribution < -0.4 is 5.32 Å². The van der Waals surface area contributed by atoms with Gasteiger partial charge in [0, 0.05) is 31.4 Å². The number of aliphatic hydroxyl groups excluding tert-OH is 2. The van der Waals surface area contributed by atoms with Crippen LogP contribution >= 0.6 is 0 Å². The van der Waals surface area contributed by atoms with Crippen molar-refractivity contribution in [3.8, 4) is 0 Å². The molecule has 2 aromatic carbocycles. The summed E-state index contributed by atoms with van der Waals surface area (Å²) in [5.41, 5.74) is 3.63. The zero-order valence-corrected chi connectivity index (χ0v) is 20.9. The van der Waals surface area contributed by atoms with Crippen LogP contribution in [0.2, 0.25) is 0 Å². The summed E-state index contributed by atoms with van der Waals surface area (Å²) in [5.74, 6) is -1.79. The Kier molecular flexibility index (Phi) is 7.90. The first kappa shape index (κ1) is 26.1. The summed E-state index contributed by atoms with van der Waals surface area (Å²) in [7, 11) is 0. The van der Waals surface area contributed by atoms with Crippen molar-refractivity contribution in [2.24, 2.45) is 0 Å². The minimum absolute atomic E-state index is 0.114. The Morgan fingerprint density at radius 2 is 1.76 bits per heavy atom. The quantitative estimate of drug-likeness (QED) is 0.260. The molecule has 0 radical (unpaired) electrons. The lowest BCUT2D eigenvalue weighted by Gasteiger charge is -2.30. The largest absolute Gasteiger partial charge is 0.499 e. The molecule has 9 nitrogen and oxygen atoms in total. The van der Waals surface area contributed by atoms with E-state index in [0.29, 0.717) is 29.5 Å². The van der Waals surface area contributed by atoms with E-state index < -0.39 is 30.1 Å². The van der Waals surface area contributed by atoms with Gasteiger partial charge in [-0.2, -0.15) is 0 Å². The minimum atomic E-state index is -0.887. The number of carbonyl (C=O) groups is 2. The van der Waals surface area contributed by atoms with E-state index in [0.717, 1.165) is 11.1 Å². The van der Waals surface area contributed by atoms with E-state index in [9.17, 15) is 9.59 Å². The number of fused-ring (bicyclic) bond motifs is 2. The Morgan fingerprint density at radius 3 is 2.50 bits per heavy atom. The third kappa shape index (κ3) is 5.51. The lowest BCUT2D eigenvalue weighted by atomic mass is 9.91. The van der Waals surface area contributed by atoms with Crippen LogP contribution in [0.1, 0.15) is 33.5 Å². The first-order valence-corrected chi connectivity index (χ1v) is 12.7. The van der Waals surface area contributed by atoms with E-state index in [1.165, 1.54) is 6.26 Å². The fourth-order valence-electron chi connectivity index (χ4n) is 5.22. The third-order valence-corrected chi connectivity index (χ3v) is 6.90. The Bertz CT molecular complexity index is 1210. The molecule has 1 heterocycles. The maximum absolute atomic E-state index is 13.4. The van der Waals surface area contributed by atoms with Gasteiger partial charge < -0.3 is 34.5 Å². The molecular formula is C29H31NO8. The lowest BCUT2D eigenvalue weighted by molar-refractivity contribution is -0.172. The monoisotopic (exact) mass is 521 g/mol.